The van der Waals surface area contributed by atoms with Gasteiger partial charge in [-0.25, -0.2) is 9.48 Å². The number of nitrogens with zero attached hydrogens (tertiary/aromatic N) is 3. The van der Waals surface area contributed by atoms with E-state index in [9.17, 15) is 4.79 Å². The van der Waals surface area contributed by atoms with Crippen molar-refractivity contribution in [2.75, 3.05) is 0 Å². The molecular weight excluding hydrogens is 146 g/mol. The first-order valence-electron chi connectivity index (χ1n) is 3.37. The van der Waals surface area contributed by atoms with Gasteiger partial charge in [0, 0.05) is 7.05 Å². The first kappa shape index (κ1) is 8.00. The molecule has 0 amide bonds. The van der Waals surface area contributed by atoms with Crippen LogP contribution in [0.5, 0.6) is 0 Å². The number of hydrogen-bond acceptors (Lipinski definition) is 3. The molecule has 1 atom stereocenters. The summed E-state index contributed by atoms with van der Waals surface area (Å²) in [5.41, 5.74) is -0.203. The first-order valence-corrected chi connectivity index (χ1v) is 3.37. The molecule has 1 N–H and O–H groups in total. The molecule has 1 aromatic heterocycles. The Morgan fingerprint density at radius 3 is 2.82 bits per heavy atom. The Morgan fingerprint density at radius 2 is 2.45 bits per heavy atom. The number of aromatic nitrogens is 3. The highest BCUT2D eigenvalue weighted by molar-refractivity contribution is 4.65. The predicted octanol–water partition coefficient (Wildman–Crippen LogP) is -1.04. The molecule has 0 bridgehead atoms. The van der Waals surface area contributed by atoms with Crippen LogP contribution >= 0.6 is 0 Å². The van der Waals surface area contributed by atoms with Crippen molar-refractivity contribution in [2.45, 2.75) is 19.6 Å². The van der Waals surface area contributed by atoms with Gasteiger partial charge in [0.15, 0.2) is 0 Å². The minimum absolute atomic E-state index is 0.203. The molecule has 0 aliphatic heterocycles. The van der Waals surface area contributed by atoms with Gasteiger partial charge in [0.2, 0.25) is 0 Å². The minimum atomic E-state index is -0.539. The van der Waals surface area contributed by atoms with Gasteiger partial charge < -0.3 is 5.11 Å². The molecule has 5 heteroatoms. The van der Waals surface area contributed by atoms with Crippen molar-refractivity contribution in [1.82, 2.24) is 14.3 Å². The zero-order valence-corrected chi connectivity index (χ0v) is 6.56. The van der Waals surface area contributed by atoms with E-state index in [2.05, 4.69) is 5.10 Å². The van der Waals surface area contributed by atoms with Crippen molar-refractivity contribution in [3.8, 4) is 0 Å². The van der Waals surface area contributed by atoms with Crippen molar-refractivity contribution in [2.24, 2.45) is 7.05 Å². The van der Waals surface area contributed by atoms with Crippen LogP contribution in [0.15, 0.2) is 11.1 Å². The van der Waals surface area contributed by atoms with Crippen LogP contribution in [0.25, 0.3) is 0 Å². The molecule has 0 radical (unpaired) electrons. The maximum atomic E-state index is 11.1. The Labute approximate surface area is 63.9 Å². The van der Waals surface area contributed by atoms with Crippen LogP contribution in [0.2, 0.25) is 0 Å². The lowest BCUT2D eigenvalue weighted by molar-refractivity contribution is 0.166. The fourth-order valence-electron chi connectivity index (χ4n) is 0.796. The van der Waals surface area contributed by atoms with Gasteiger partial charge in [-0.2, -0.15) is 5.10 Å². The highest BCUT2D eigenvalue weighted by Crippen LogP contribution is 1.83. The smallest absolute Gasteiger partial charge is 0.345 e. The van der Waals surface area contributed by atoms with E-state index in [1.807, 2.05) is 0 Å². The maximum absolute atomic E-state index is 11.1. The van der Waals surface area contributed by atoms with E-state index in [1.54, 1.807) is 14.0 Å². The molecule has 0 aromatic carbocycles. The monoisotopic (exact) mass is 157 g/mol. The Kier molecular flexibility index (Phi) is 2.09. The number of aliphatic hydroxyl groups is 1. The molecule has 0 fully saturated rings. The number of hydrogen-bond donors (Lipinski definition) is 1. The predicted molar refractivity (Wildman–Crippen MR) is 39.1 cm³/mol. The molecule has 1 aromatic rings. The summed E-state index contributed by atoms with van der Waals surface area (Å²) in [7, 11) is 1.62. The lowest BCUT2D eigenvalue weighted by atomic mass is 10.4. The summed E-state index contributed by atoms with van der Waals surface area (Å²) < 4.78 is 2.59. The minimum Gasteiger partial charge on any atom is -0.391 e. The fraction of sp³-hybridized carbons (Fsp3) is 0.667. The lowest BCUT2D eigenvalue weighted by Gasteiger charge is -2.00. The summed E-state index contributed by atoms with van der Waals surface area (Å²) in [5, 5.41) is 12.7. The summed E-state index contributed by atoms with van der Waals surface area (Å²) in [6.45, 7) is 1.86. The van der Waals surface area contributed by atoms with E-state index >= 15 is 0 Å². The summed E-state index contributed by atoms with van der Waals surface area (Å²) >= 11 is 0. The van der Waals surface area contributed by atoms with E-state index in [0.29, 0.717) is 0 Å². The van der Waals surface area contributed by atoms with Crippen LogP contribution in [0.4, 0.5) is 0 Å². The molecule has 62 valence electrons. The van der Waals surface area contributed by atoms with E-state index in [1.165, 1.54) is 15.6 Å². The van der Waals surface area contributed by atoms with Gasteiger partial charge in [-0.3, -0.25) is 4.57 Å². The van der Waals surface area contributed by atoms with Gasteiger partial charge in [0.1, 0.15) is 6.33 Å². The molecular formula is C6H11N3O2. The second-order valence-electron chi connectivity index (χ2n) is 2.56. The van der Waals surface area contributed by atoms with Crippen molar-refractivity contribution >= 4 is 0 Å². The zero-order chi connectivity index (χ0) is 8.43. The molecule has 0 aliphatic rings. The first-order chi connectivity index (χ1) is 5.11. The average molecular weight is 157 g/mol. The van der Waals surface area contributed by atoms with Gasteiger partial charge in [0.05, 0.1) is 12.6 Å². The van der Waals surface area contributed by atoms with Crippen LogP contribution in [-0.2, 0) is 13.6 Å². The van der Waals surface area contributed by atoms with Crippen LogP contribution in [0, 0.1) is 0 Å². The van der Waals surface area contributed by atoms with Gasteiger partial charge in [-0.1, -0.05) is 0 Å². The molecule has 0 aliphatic carbocycles. The molecule has 11 heavy (non-hydrogen) atoms. The topological polar surface area (TPSA) is 60.0 Å². The number of aliphatic hydroxyl groups excluding tert-OH is 1. The highest BCUT2D eigenvalue weighted by Gasteiger charge is 2.03. The van der Waals surface area contributed by atoms with Crippen LogP contribution in [-0.4, -0.2) is 25.6 Å². The summed E-state index contributed by atoms with van der Waals surface area (Å²) in [4.78, 5) is 11.1. The van der Waals surface area contributed by atoms with Crippen molar-refractivity contribution in [3.05, 3.63) is 16.8 Å². The Hall–Kier alpha value is -1.10. The molecule has 1 heterocycles. The maximum Gasteiger partial charge on any atom is 0.345 e. The van der Waals surface area contributed by atoms with Gasteiger partial charge in [-0.05, 0) is 6.92 Å². The summed E-state index contributed by atoms with van der Waals surface area (Å²) in [6, 6.07) is 0. The Bertz CT molecular complexity index is 286. The molecule has 0 spiro atoms. The Balaban J connectivity index is 2.88. The average Bonchev–Trinajstić information content (AvgIpc) is 2.18. The third-order valence-corrected chi connectivity index (χ3v) is 1.32. The Morgan fingerprint density at radius 1 is 1.82 bits per heavy atom. The van der Waals surface area contributed by atoms with Crippen molar-refractivity contribution in [3.63, 3.8) is 0 Å². The van der Waals surface area contributed by atoms with E-state index in [0.717, 1.165) is 0 Å². The van der Waals surface area contributed by atoms with E-state index in [4.69, 9.17) is 5.11 Å². The molecule has 1 rings (SSSR count). The molecule has 5 nitrogen and oxygen atoms in total. The quantitative estimate of drug-likeness (QED) is 0.596. The van der Waals surface area contributed by atoms with Crippen molar-refractivity contribution < 1.29 is 5.11 Å². The van der Waals surface area contributed by atoms with Crippen LogP contribution < -0.4 is 5.69 Å². The highest BCUT2D eigenvalue weighted by atomic mass is 16.3. The largest absolute Gasteiger partial charge is 0.391 e. The zero-order valence-electron chi connectivity index (χ0n) is 6.56. The second-order valence-corrected chi connectivity index (χ2v) is 2.56. The van der Waals surface area contributed by atoms with Gasteiger partial charge in [0.25, 0.3) is 0 Å². The number of aryl methyl sites for hydroxylation is 1. The van der Waals surface area contributed by atoms with Gasteiger partial charge in [-0.15, -0.1) is 0 Å². The standard InChI is InChI=1S/C6H11N3O2/c1-5(10)3-9-6(11)8(2)4-7-9/h4-5,10H,3H2,1-2H3/t5-/m0/s1. The summed E-state index contributed by atoms with van der Waals surface area (Å²) in [6.07, 6.45) is 0.882. The normalized spacial score (nSPS) is 13.4. The van der Waals surface area contributed by atoms with E-state index < -0.39 is 6.10 Å². The molecule has 0 saturated heterocycles. The van der Waals surface area contributed by atoms with E-state index in [-0.39, 0.29) is 12.2 Å². The molecule has 0 saturated carbocycles. The SMILES string of the molecule is C[C@H](O)Cn1ncn(C)c1=O. The lowest BCUT2D eigenvalue weighted by Crippen LogP contribution is -2.27. The van der Waals surface area contributed by atoms with Crippen LogP contribution in [0.3, 0.4) is 0 Å². The third kappa shape index (κ3) is 1.68. The molecule has 0 unspecified atom stereocenters. The van der Waals surface area contributed by atoms with Crippen molar-refractivity contribution in [1.29, 1.82) is 0 Å². The second kappa shape index (κ2) is 2.87. The van der Waals surface area contributed by atoms with Crippen LogP contribution in [0.1, 0.15) is 6.92 Å². The number of rotatable bonds is 2. The van der Waals surface area contributed by atoms with Gasteiger partial charge >= 0.3 is 5.69 Å². The summed E-state index contributed by atoms with van der Waals surface area (Å²) in [5.74, 6) is 0. The fourth-order valence-corrected chi connectivity index (χ4v) is 0.796. The third-order valence-electron chi connectivity index (χ3n) is 1.32.